The number of carbonyl (C=O) groups excluding carboxylic acids is 2. The van der Waals surface area contributed by atoms with Gasteiger partial charge in [-0.05, 0) is 103 Å². The molecule has 16 heteroatoms. The Kier molecular flexibility index (Phi) is 11.4. The second-order valence-electron chi connectivity index (χ2n) is 14.9. The lowest BCUT2D eigenvalue weighted by molar-refractivity contribution is -0.190. The maximum Gasteiger partial charge on any atom is 0.410 e. The number of ether oxygens (including phenoxy) is 2. The van der Waals surface area contributed by atoms with Crippen LogP contribution in [0.4, 0.5) is 23.8 Å². The molecule has 11 nitrogen and oxygen atoms in total. The molecule has 1 aliphatic carbocycles. The van der Waals surface area contributed by atoms with E-state index in [-0.39, 0.29) is 54.1 Å². The van der Waals surface area contributed by atoms with Crippen molar-refractivity contribution in [2.75, 3.05) is 31.6 Å². The monoisotopic (exact) mass is 751 g/mol. The molecule has 0 spiro atoms. The number of nitrogens with one attached hydrogen (secondary N) is 1. The van der Waals surface area contributed by atoms with Crippen molar-refractivity contribution >= 4 is 41.4 Å². The fourth-order valence-corrected chi connectivity index (χ4v) is 7.02. The summed E-state index contributed by atoms with van der Waals surface area (Å²) >= 11 is 7.42. The van der Waals surface area contributed by atoms with E-state index in [0.29, 0.717) is 23.3 Å². The van der Waals surface area contributed by atoms with Gasteiger partial charge in [-0.2, -0.15) is 13.2 Å². The van der Waals surface area contributed by atoms with Crippen LogP contribution >= 0.6 is 23.5 Å². The van der Waals surface area contributed by atoms with Crippen LogP contribution in [0.25, 0.3) is 5.82 Å². The van der Waals surface area contributed by atoms with Gasteiger partial charge in [-0.25, -0.2) is 19.4 Å². The zero-order chi connectivity index (χ0) is 37.2. The van der Waals surface area contributed by atoms with E-state index in [2.05, 4.69) is 38.5 Å². The van der Waals surface area contributed by atoms with Crippen molar-refractivity contribution in [1.29, 1.82) is 0 Å². The molecule has 1 aliphatic heterocycles. The highest BCUT2D eigenvalue weighted by atomic mass is 35.5. The van der Waals surface area contributed by atoms with E-state index in [0.717, 1.165) is 43.6 Å². The minimum atomic E-state index is -4.23. The number of nitrogens with zero attached hydrogens (tertiary/aromatic N) is 6. The minimum absolute atomic E-state index is 0.0503. The van der Waals surface area contributed by atoms with Gasteiger partial charge in [0, 0.05) is 49.9 Å². The summed E-state index contributed by atoms with van der Waals surface area (Å²) in [6, 6.07) is 10.2. The summed E-state index contributed by atoms with van der Waals surface area (Å²) in [4.78, 5) is 38.6. The van der Waals surface area contributed by atoms with Gasteiger partial charge < -0.3 is 19.3 Å². The number of hydrogen-bond acceptors (Lipinski definition) is 9. The molecule has 2 amide bonds. The van der Waals surface area contributed by atoms with E-state index >= 15 is 0 Å². The van der Waals surface area contributed by atoms with Crippen LogP contribution in [0.15, 0.2) is 47.6 Å². The van der Waals surface area contributed by atoms with Crippen molar-refractivity contribution in [2.45, 2.75) is 95.5 Å². The van der Waals surface area contributed by atoms with Crippen molar-refractivity contribution in [3.8, 4) is 11.7 Å². The minimum Gasteiger partial charge on any atom is -0.477 e. The molecule has 1 atom stereocenters. The van der Waals surface area contributed by atoms with E-state index in [1.54, 1.807) is 18.3 Å². The van der Waals surface area contributed by atoms with Crippen molar-refractivity contribution < 1.29 is 32.2 Å². The molecule has 0 radical (unpaired) electrons. The van der Waals surface area contributed by atoms with E-state index in [1.165, 1.54) is 16.8 Å². The normalized spacial score (nSPS) is 18.0. The first-order chi connectivity index (χ1) is 23.9. The molecule has 0 aromatic carbocycles. The standard InChI is InChI=1S/C35H45ClF3N7O4S/c1-32(2,3)50-31(48)45-22-23(21-33(45,4)5)9-8-18-44(6)25-10-7-11-28(40-25)51-43-30(47)24-12-13-26(41-29(24)36)46-19-14-27(42-46)49-20-17-34(15-16-34)35(37,38)39/h7,10-14,19,23H,8-9,15-18,20-22H2,1-6H3,(H,43,47). The van der Waals surface area contributed by atoms with Crippen LogP contribution in [0, 0.1) is 11.3 Å². The number of hydrogen-bond donors (Lipinski definition) is 1. The Morgan fingerprint density at radius 1 is 1.12 bits per heavy atom. The SMILES string of the molecule is CN(CCCC1CN(C(=O)OC(C)(C)C)C(C)(C)C1)c1cccc(SNC(=O)c2ccc(-n3ccc(OCCC4(C(F)(F)F)CC4)n3)nc2Cl)n1. The maximum atomic E-state index is 13.2. The first kappa shape index (κ1) is 38.5. The second-order valence-corrected chi connectivity index (χ2v) is 16.1. The van der Waals surface area contributed by atoms with Gasteiger partial charge in [0.2, 0.25) is 5.88 Å². The molecule has 278 valence electrons. The highest BCUT2D eigenvalue weighted by Crippen LogP contribution is 2.59. The molecule has 0 bridgehead atoms. The summed E-state index contributed by atoms with van der Waals surface area (Å²) in [5.74, 6) is 1.14. The van der Waals surface area contributed by atoms with E-state index < -0.39 is 23.1 Å². The van der Waals surface area contributed by atoms with Gasteiger partial charge in [-0.3, -0.25) is 9.52 Å². The van der Waals surface area contributed by atoms with Gasteiger partial charge in [0.15, 0.2) is 5.82 Å². The van der Waals surface area contributed by atoms with Crippen LogP contribution in [-0.2, 0) is 4.74 Å². The smallest absolute Gasteiger partial charge is 0.410 e. The molecule has 1 unspecified atom stereocenters. The fraction of sp³-hybridized carbons (Fsp3) is 0.571. The quantitative estimate of drug-likeness (QED) is 0.137. The van der Waals surface area contributed by atoms with Crippen molar-refractivity contribution in [2.24, 2.45) is 11.3 Å². The molecule has 3 aromatic rings. The van der Waals surface area contributed by atoms with E-state index in [9.17, 15) is 22.8 Å². The Hall–Kier alpha value is -3.72. The third-order valence-electron chi connectivity index (χ3n) is 9.19. The van der Waals surface area contributed by atoms with Crippen molar-refractivity contribution in [1.82, 2.24) is 29.4 Å². The first-order valence-electron chi connectivity index (χ1n) is 16.9. The molecule has 2 aliphatic rings. The van der Waals surface area contributed by atoms with Crippen LogP contribution < -0.4 is 14.4 Å². The average molecular weight is 752 g/mol. The summed E-state index contributed by atoms with van der Waals surface area (Å²) in [7, 11) is 1.97. The molecule has 1 saturated heterocycles. The van der Waals surface area contributed by atoms with Gasteiger partial charge in [-0.1, -0.05) is 17.7 Å². The lowest BCUT2D eigenvalue weighted by Gasteiger charge is -2.33. The summed E-state index contributed by atoms with van der Waals surface area (Å²) in [6.07, 6.45) is -0.0258. The van der Waals surface area contributed by atoms with Gasteiger partial charge >= 0.3 is 12.3 Å². The highest BCUT2D eigenvalue weighted by Gasteiger charge is 2.62. The number of alkyl halides is 3. The van der Waals surface area contributed by atoms with E-state index in [1.807, 2.05) is 44.9 Å². The van der Waals surface area contributed by atoms with Crippen molar-refractivity contribution in [3.05, 3.63) is 53.3 Å². The van der Waals surface area contributed by atoms with Gasteiger partial charge in [-0.15, -0.1) is 5.10 Å². The first-order valence-corrected chi connectivity index (χ1v) is 18.1. The zero-order valence-corrected chi connectivity index (χ0v) is 31.3. The number of likely N-dealkylation sites (tertiary alicyclic amines) is 1. The number of halogens is 4. The highest BCUT2D eigenvalue weighted by molar-refractivity contribution is 7.97. The Labute approximate surface area is 305 Å². The number of rotatable bonds is 13. The number of anilines is 1. The van der Waals surface area contributed by atoms with Crippen LogP contribution in [0.3, 0.4) is 0 Å². The van der Waals surface area contributed by atoms with Crippen LogP contribution in [-0.4, -0.2) is 80.7 Å². The van der Waals surface area contributed by atoms with Crippen LogP contribution in [0.2, 0.25) is 5.15 Å². The third-order valence-corrected chi connectivity index (χ3v) is 10.2. The molecule has 1 saturated carbocycles. The third kappa shape index (κ3) is 9.79. The molecule has 4 heterocycles. The largest absolute Gasteiger partial charge is 0.477 e. The lowest BCUT2D eigenvalue weighted by Crippen LogP contribution is -2.45. The maximum absolute atomic E-state index is 13.2. The van der Waals surface area contributed by atoms with Crippen LogP contribution in [0.5, 0.6) is 5.88 Å². The lowest BCUT2D eigenvalue weighted by atomic mass is 9.93. The van der Waals surface area contributed by atoms with Gasteiger partial charge in [0.05, 0.1) is 17.6 Å². The Bertz CT molecular complexity index is 1710. The molecule has 2 fully saturated rings. The summed E-state index contributed by atoms with van der Waals surface area (Å²) in [5, 5.41) is 4.76. The van der Waals surface area contributed by atoms with Crippen molar-refractivity contribution in [3.63, 3.8) is 0 Å². The van der Waals surface area contributed by atoms with Crippen LogP contribution in [0.1, 0.15) is 83.5 Å². The number of aromatic nitrogens is 4. The second kappa shape index (κ2) is 15.1. The van der Waals surface area contributed by atoms with Gasteiger partial charge in [0.1, 0.15) is 21.6 Å². The molecular weight excluding hydrogens is 707 g/mol. The molecular formula is C35H45ClF3N7O4S. The Morgan fingerprint density at radius 3 is 2.53 bits per heavy atom. The average Bonchev–Trinajstić information content (AvgIpc) is 3.59. The Balaban J connectivity index is 1.08. The molecule has 51 heavy (non-hydrogen) atoms. The molecule has 1 N–H and O–H groups in total. The van der Waals surface area contributed by atoms with Gasteiger partial charge in [0.25, 0.3) is 5.91 Å². The predicted molar refractivity (Wildman–Crippen MR) is 189 cm³/mol. The van der Waals surface area contributed by atoms with E-state index in [4.69, 9.17) is 21.1 Å². The summed E-state index contributed by atoms with van der Waals surface area (Å²) in [6.45, 7) is 11.1. The zero-order valence-electron chi connectivity index (χ0n) is 29.7. The number of amides is 2. The Morgan fingerprint density at radius 2 is 1.86 bits per heavy atom. The summed E-state index contributed by atoms with van der Waals surface area (Å²) in [5.41, 5.74) is -2.29. The number of pyridine rings is 2. The number of carbonyl (C=O) groups is 2. The molecule has 3 aromatic heterocycles. The summed E-state index contributed by atoms with van der Waals surface area (Å²) < 4.78 is 54.7. The predicted octanol–water partition coefficient (Wildman–Crippen LogP) is 8.12. The fourth-order valence-electron chi connectivity index (χ4n) is 6.19. The topological polar surface area (TPSA) is 115 Å². The molecule has 5 rings (SSSR count).